The second kappa shape index (κ2) is 16.2. The van der Waals surface area contributed by atoms with Gasteiger partial charge in [-0.2, -0.15) is 0 Å². The van der Waals surface area contributed by atoms with Crippen molar-refractivity contribution < 1.29 is 110 Å². The molecule has 2 bridgehead atoms. The van der Waals surface area contributed by atoms with Gasteiger partial charge in [0.2, 0.25) is 6.80 Å². The first kappa shape index (κ1) is 41.2. The molecule has 3 fully saturated rings. The first-order chi connectivity index (χ1) is 23.9. The van der Waals surface area contributed by atoms with Crippen molar-refractivity contribution in [3.63, 3.8) is 0 Å². The van der Waals surface area contributed by atoms with Crippen LogP contribution in [0.25, 0.3) is 22.2 Å². The van der Waals surface area contributed by atoms with Gasteiger partial charge in [0.15, 0.2) is 36.6 Å². The second-order valence-electron chi connectivity index (χ2n) is 12.0. The summed E-state index contributed by atoms with van der Waals surface area (Å²) in [7, 11) is 0. The van der Waals surface area contributed by atoms with E-state index in [2.05, 4.69) is 25.3 Å². The fourth-order valence-electron chi connectivity index (χ4n) is 6.62. The zero-order chi connectivity index (χ0) is 34.9. The maximum absolute atomic E-state index is 16.4. The van der Waals surface area contributed by atoms with E-state index in [9.17, 15) is 24.1 Å². The minimum Gasteiger partial charge on any atom is -0.660 e. The van der Waals surface area contributed by atoms with E-state index in [1.54, 1.807) is 6.20 Å². The molecule has 4 aromatic rings. The van der Waals surface area contributed by atoms with Crippen molar-refractivity contribution in [2.45, 2.75) is 68.5 Å². The Labute approximate surface area is 348 Å². The Kier molecular flexibility index (Phi) is 12.8. The molecule has 26 heteroatoms. The smallest absolute Gasteiger partial charge is 0.660 e. The van der Waals surface area contributed by atoms with Crippen molar-refractivity contribution in [2.75, 3.05) is 31.7 Å². The summed E-state index contributed by atoms with van der Waals surface area (Å²) in [6.07, 6.45) is -5.28. The molecule has 4 aliphatic rings. The number of ether oxygens (including phenoxy) is 2. The molecule has 3 saturated heterocycles. The number of hydrogen-bond donors (Lipinski definition) is 3. The Morgan fingerprint density at radius 1 is 0.942 bits per heavy atom. The predicted octanol–water partition coefficient (Wildman–Crippen LogP) is -4.98. The number of aliphatic hydroxyl groups excluding tert-OH is 2. The monoisotopic (exact) mass is 820 g/mol. The van der Waals surface area contributed by atoms with Gasteiger partial charge in [0.05, 0.1) is 38.1 Å². The van der Waals surface area contributed by atoms with Crippen LogP contribution in [0, 0.1) is 0 Å². The molecule has 8 heterocycles. The topological polar surface area (TPSA) is 225 Å². The maximum Gasteiger partial charge on any atom is 1.00 e. The minimum atomic E-state index is -4.53. The number of aliphatic hydroxyl groups is 2. The zero-order valence-corrected chi connectivity index (χ0v) is 35.1. The van der Waals surface area contributed by atoms with Crippen molar-refractivity contribution >= 4 is 66.1 Å². The number of nitrogens with zero attached hydrogens (tertiary/aromatic N) is 7. The Morgan fingerprint density at radius 3 is 2.40 bits per heavy atom. The van der Waals surface area contributed by atoms with Crippen LogP contribution in [0.1, 0.15) is 24.4 Å². The van der Waals surface area contributed by atoms with Crippen LogP contribution in [-0.4, -0.2) is 107 Å². The molecule has 0 radical (unpaired) electrons. The number of halogens is 1. The third-order valence-electron chi connectivity index (χ3n) is 8.92. The standard InChI is InChI=1S/C26H31FN8O11P2S2.2Na/c27-16-19-14(44-25(16)34-6-12-2-1-3-28-21-15(12)22(34)30-9-29-21)8-42-48(40,50)46-20-18(37)13(7-41-47(39,49)45-19)43-26(20)35-11-31-17-23(35)32-10-33(4-5-36)24(17)38;;/h6,9-11,13-14,16,18-20,25-26,36-37H,1-5,7-8H2,(H,39,49)(H,40,50)(H,28,29,30);;/q;2*+1/p-2/t13-,14-,16-,18-,19-,20-,25-,26-,47?,48?;;/m1../s1. The van der Waals surface area contributed by atoms with Gasteiger partial charge in [0.25, 0.3) is 5.56 Å². The van der Waals surface area contributed by atoms with E-state index in [0.29, 0.717) is 29.8 Å². The Hall–Kier alpha value is -0.460. The molecular weight excluding hydrogens is 791 g/mol. The molecule has 0 amide bonds. The molecular formula is C26H29FN8Na2O11P2S2. The molecule has 270 valence electrons. The van der Waals surface area contributed by atoms with E-state index in [-0.39, 0.29) is 83.4 Å². The number of fused-ring (bicyclic) bond motifs is 4. The van der Waals surface area contributed by atoms with Crippen molar-refractivity contribution in [1.82, 2.24) is 33.6 Å². The summed E-state index contributed by atoms with van der Waals surface area (Å²) < 4.78 is 81.7. The third-order valence-corrected chi connectivity index (χ3v) is 12.0. The van der Waals surface area contributed by atoms with Crippen molar-refractivity contribution in [1.29, 1.82) is 0 Å². The van der Waals surface area contributed by atoms with Crippen LogP contribution < -0.4 is 70.0 Å². The first-order valence-electron chi connectivity index (χ1n) is 15.5. The third kappa shape index (κ3) is 7.65. The van der Waals surface area contributed by atoms with Gasteiger partial charge in [0, 0.05) is 12.7 Å². The van der Waals surface area contributed by atoms with Gasteiger partial charge in [0.1, 0.15) is 54.6 Å². The molecule has 2 unspecified atom stereocenters. The molecule has 19 nitrogen and oxygen atoms in total. The SMILES string of the molecule is O=c1c2ncn([C@@H]3O[C@@H]4COP(=O)([S-])O[C@H]5[C@@H](F)[C@H](n6cc7c8c(ncnc86)NCCC7)O[C@@H]5COP(=O)([S-])O[C@@H]3[C@@H]4O)c2ncn1CCO.[Na+].[Na+]. The summed E-state index contributed by atoms with van der Waals surface area (Å²) in [5.74, 6) is 0.597. The van der Waals surface area contributed by atoms with E-state index in [1.165, 1.54) is 28.1 Å². The molecule has 8 rings (SSSR count). The Morgan fingerprint density at radius 2 is 1.65 bits per heavy atom. The van der Waals surface area contributed by atoms with Crippen molar-refractivity contribution in [3.05, 3.63) is 41.1 Å². The van der Waals surface area contributed by atoms with E-state index < -0.39 is 81.5 Å². The van der Waals surface area contributed by atoms with Crippen LogP contribution in [0.2, 0.25) is 0 Å². The van der Waals surface area contributed by atoms with Gasteiger partial charge < -0.3 is 72.2 Å². The molecule has 0 spiro atoms. The quantitative estimate of drug-likeness (QED) is 0.0996. The molecule has 4 aliphatic heterocycles. The largest absolute Gasteiger partial charge is 1.00 e. The summed E-state index contributed by atoms with van der Waals surface area (Å²) in [6.45, 7) is -9.99. The molecule has 0 aliphatic carbocycles. The van der Waals surface area contributed by atoms with E-state index in [4.69, 9.17) is 52.1 Å². The number of rotatable bonds is 4. The fraction of sp³-hybridized carbons (Fsp3) is 0.577. The number of anilines is 1. The number of nitrogens with one attached hydrogen (secondary N) is 1. The number of imidazole rings is 1. The van der Waals surface area contributed by atoms with Gasteiger partial charge in [-0.3, -0.25) is 23.1 Å². The number of aryl methyl sites for hydroxylation is 1. The van der Waals surface area contributed by atoms with E-state index in [0.717, 1.165) is 16.6 Å². The Bertz CT molecular complexity index is 2120. The zero-order valence-electron chi connectivity index (χ0n) is 27.7. The normalized spacial score (nSPS) is 34.9. The van der Waals surface area contributed by atoms with Crippen LogP contribution in [0.15, 0.2) is 30.0 Å². The number of hydrogen-bond acceptors (Lipinski definition) is 18. The summed E-state index contributed by atoms with van der Waals surface area (Å²) in [6, 6.07) is 0. The fourth-order valence-corrected chi connectivity index (χ4v) is 9.44. The van der Waals surface area contributed by atoms with Crippen molar-refractivity contribution in [3.8, 4) is 0 Å². The first-order valence-corrected chi connectivity index (χ1v) is 20.6. The van der Waals surface area contributed by atoms with Gasteiger partial charge in [-0.05, 0) is 18.4 Å². The second-order valence-corrected chi connectivity index (χ2v) is 17.4. The summed E-state index contributed by atoms with van der Waals surface area (Å²) in [5, 5.41) is 24.4. The maximum atomic E-state index is 16.4. The van der Waals surface area contributed by atoms with Crippen LogP contribution in [-0.2, 0) is 74.2 Å². The van der Waals surface area contributed by atoms with Crippen LogP contribution in [0.3, 0.4) is 0 Å². The average molecular weight is 821 g/mol. The van der Waals surface area contributed by atoms with Gasteiger partial charge in [-0.15, -0.1) is 0 Å². The molecule has 10 atom stereocenters. The van der Waals surface area contributed by atoms with E-state index in [1.807, 2.05) is 0 Å². The molecule has 0 saturated carbocycles. The van der Waals surface area contributed by atoms with Gasteiger partial charge >= 0.3 is 59.1 Å². The molecule has 0 aromatic carbocycles. The Balaban J connectivity index is 0.00000232. The number of aromatic nitrogens is 7. The number of alkyl halides is 1. The van der Waals surface area contributed by atoms with Crippen LogP contribution >= 0.6 is 13.6 Å². The average Bonchev–Trinajstić information content (AvgIpc) is 3.78. The predicted molar refractivity (Wildman–Crippen MR) is 174 cm³/mol. The van der Waals surface area contributed by atoms with Crippen LogP contribution in [0.5, 0.6) is 0 Å². The summed E-state index contributed by atoms with van der Waals surface area (Å²) in [5.41, 5.74) is 0.620. The van der Waals surface area contributed by atoms with Crippen LogP contribution in [0.4, 0.5) is 10.2 Å². The minimum absolute atomic E-state index is 0. The van der Waals surface area contributed by atoms with Gasteiger partial charge in [-0.25, -0.2) is 24.3 Å². The van der Waals surface area contributed by atoms with Gasteiger partial charge in [-0.1, -0.05) is 0 Å². The summed E-state index contributed by atoms with van der Waals surface area (Å²) in [4.78, 5) is 29.9. The molecule has 52 heavy (non-hydrogen) atoms. The molecule has 4 aromatic heterocycles. The molecule has 3 N–H and O–H groups in total. The summed E-state index contributed by atoms with van der Waals surface area (Å²) >= 11 is 10.3. The van der Waals surface area contributed by atoms with Crippen molar-refractivity contribution in [2.24, 2.45) is 0 Å². The van der Waals surface area contributed by atoms with E-state index >= 15 is 4.39 Å².